The van der Waals surface area contributed by atoms with E-state index in [0.717, 1.165) is 18.2 Å². The Morgan fingerprint density at radius 2 is 1.95 bits per heavy atom. The van der Waals surface area contributed by atoms with Crippen LogP contribution in [0.2, 0.25) is 0 Å². The second kappa shape index (κ2) is 6.19. The fourth-order valence-electron chi connectivity index (χ4n) is 2.62. The van der Waals surface area contributed by atoms with Gasteiger partial charge in [-0.2, -0.15) is 0 Å². The van der Waals surface area contributed by atoms with Crippen LogP contribution in [0.5, 0.6) is 0 Å². The number of methoxy groups -OCH3 is 1. The molecule has 1 aromatic heterocycles. The molecule has 1 heterocycles. The van der Waals surface area contributed by atoms with Gasteiger partial charge >= 0.3 is 0 Å². The molecule has 0 amide bonds. The van der Waals surface area contributed by atoms with Crippen LogP contribution in [0.15, 0.2) is 6.07 Å². The molecule has 0 radical (unpaired) electrons. The van der Waals surface area contributed by atoms with Crippen LogP contribution >= 0.6 is 0 Å². The second-order valence-corrected chi connectivity index (χ2v) is 5.61. The number of rotatable bonds is 6. The fraction of sp³-hybridized carbons (Fsp3) is 0.714. The van der Waals surface area contributed by atoms with Crippen molar-refractivity contribution in [2.45, 2.75) is 39.2 Å². The molecule has 19 heavy (non-hydrogen) atoms. The predicted octanol–water partition coefficient (Wildman–Crippen LogP) is 2.66. The maximum Gasteiger partial charge on any atom is 0.158 e. The molecule has 0 unspecified atom stereocenters. The number of nitrogens with one attached hydrogen (secondary N) is 2. The molecule has 1 aliphatic rings. The van der Waals surface area contributed by atoms with Gasteiger partial charge in [0, 0.05) is 26.8 Å². The Morgan fingerprint density at radius 1 is 1.26 bits per heavy atom. The van der Waals surface area contributed by atoms with Gasteiger partial charge in [-0.3, -0.25) is 0 Å². The topological polar surface area (TPSA) is 59.1 Å². The first-order valence-electron chi connectivity index (χ1n) is 6.94. The third-order valence-corrected chi connectivity index (χ3v) is 3.81. The van der Waals surface area contributed by atoms with Crippen molar-refractivity contribution < 1.29 is 4.74 Å². The lowest BCUT2D eigenvalue weighted by Gasteiger charge is -2.24. The zero-order valence-corrected chi connectivity index (χ0v) is 12.1. The number of anilines is 2. The number of hydrogen-bond acceptors (Lipinski definition) is 5. The number of nitrogens with zero attached hydrogens (tertiary/aromatic N) is 2. The summed E-state index contributed by atoms with van der Waals surface area (Å²) in [6, 6.07) is 1.94. The molecule has 1 saturated carbocycles. The predicted molar refractivity (Wildman–Crippen MR) is 77.4 cm³/mol. The van der Waals surface area contributed by atoms with Crippen LogP contribution in [-0.4, -0.2) is 30.7 Å². The van der Waals surface area contributed by atoms with Crippen molar-refractivity contribution in [3.8, 4) is 0 Å². The summed E-state index contributed by atoms with van der Waals surface area (Å²) < 4.78 is 5.10. The zero-order valence-electron chi connectivity index (χ0n) is 12.1. The van der Waals surface area contributed by atoms with E-state index in [4.69, 9.17) is 4.74 Å². The average molecular weight is 264 g/mol. The molecule has 1 aliphatic carbocycles. The highest BCUT2D eigenvalue weighted by Crippen LogP contribution is 2.37. The molecular formula is C14H24N4O. The molecule has 0 saturated heterocycles. The van der Waals surface area contributed by atoms with Crippen molar-refractivity contribution in [2.75, 3.05) is 31.3 Å². The van der Waals surface area contributed by atoms with E-state index < -0.39 is 0 Å². The van der Waals surface area contributed by atoms with Crippen LogP contribution in [0, 0.1) is 5.41 Å². The van der Waals surface area contributed by atoms with E-state index in [1.54, 1.807) is 7.11 Å². The molecule has 2 N–H and O–H groups in total. The van der Waals surface area contributed by atoms with Gasteiger partial charge in [-0.15, -0.1) is 0 Å². The number of aromatic nitrogens is 2. The van der Waals surface area contributed by atoms with E-state index >= 15 is 0 Å². The smallest absolute Gasteiger partial charge is 0.158 e. The summed E-state index contributed by atoms with van der Waals surface area (Å²) in [5.74, 6) is 2.40. The molecule has 2 rings (SSSR count). The van der Waals surface area contributed by atoms with Crippen LogP contribution in [0.25, 0.3) is 0 Å². The van der Waals surface area contributed by atoms with E-state index in [9.17, 15) is 0 Å². The minimum absolute atomic E-state index is 0.409. The molecule has 0 bridgehead atoms. The summed E-state index contributed by atoms with van der Waals surface area (Å²) in [5, 5.41) is 6.51. The molecular weight excluding hydrogens is 240 g/mol. The van der Waals surface area contributed by atoms with Crippen molar-refractivity contribution >= 4 is 11.6 Å². The molecule has 5 nitrogen and oxygen atoms in total. The first-order valence-corrected chi connectivity index (χ1v) is 6.94. The van der Waals surface area contributed by atoms with Crippen LogP contribution in [0.1, 0.15) is 38.4 Å². The van der Waals surface area contributed by atoms with Gasteiger partial charge in [-0.1, -0.05) is 19.8 Å². The number of ether oxygens (including phenoxy) is 1. The van der Waals surface area contributed by atoms with Crippen molar-refractivity contribution in [3.63, 3.8) is 0 Å². The summed E-state index contributed by atoms with van der Waals surface area (Å²) in [6.07, 6.45) is 5.29. The Labute approximate surface area is 115 Å². The quantitative estimate of drug-likeness (QED) is 0.827. The largest absolute Gasteiger partial charge is 0.377 e. The lowest BCUT2D eigenvalue weighted by Crippen LogP contribution is -2.23. The SMILES string of the molecule is CNc1cc(NCC2(C)CCCC2)nc(COC)n1. The van der Waals surface area contributed by atoms with E-state index in [1.165, 1.54) is 25.7 Å². The van der Waals surface area contributed by atoms with Gasteiger partial charge in [0.2, 0.25) is 0 Å². The highest BCUT2D eigenvalue weighted by Gasteiger charge is 2.28. The maximum atomic E-state index is 5.10. The summed E-state index contributed by atoms with van der Waals surface area (Å²) in [7, 11) is 3.52. The maximum absolute atomic E-state index is 5.10. The standard InChI is InChI=1S/C14H24N4O/c1-14(6-4-5-7-14)10-16-12-8-11(15-2)17-13(18-12)9-19-3/h8H,4-7,9-10H2,1-3H3,(H2,15,16,17,18). The first-order chi connectivity index (χ1) is 9.15. The molecule has 0 spiro atoms. The van der Waals surface area contributed by atoms with Crippen LogP contribution in [0.4, 0.5) is 11.6 Å². The highest BCUT2D eigenvalue weighted by atomic mass is 16.5. The lowest BCUT2D eigenvalue weighted by molar-refractivity contribution is 0.178. The minimum atomic E-state index is 0.409. The molecule has 1 aromatic rings. The summed E-state index contributed by atoms with van der Waals surface area (Å²) in [4.78, 5) is 8.83. The van der Waals surface area contributed by atoms with Gasteiger partial charge in [0.25, 0.3) is 0 Å². The summed E-state index contributed by atoms with van der Waals surface area (Å²) in [6.45, 7) is 3.75. The molecule has 0 aliphatic heterocycles. The summed E-state index contributed by atoms with van der Waals surface area (Å²) >= 11 is 0. The Morgan fingerprint density at radius 3 is 2.58 bits per heavy atom. The van der Waals surface area contributed by atoms with Gasteiger partial charge in [0.05, 0.1) is 0 Å². The van der Waals surface area contributed by atoms with E-state index in [2.05, 4.69) is 27.5 Å². The molecule has 106 valence electrons. The van der Waals surface area contributed by atoms with Crippen molar-refractivity contribution in [1.82, 2.24) is 9.97 Å². The number of hydrogen-bond donors (Lipinski definition) is 2. The van der Waals surface area contributed by atoms with Gasteiger partial charge in [-0.25, -0.2) is 9.97 Å². The fourth-order valence-corrected chi connectivity index (χ4v) is 2.62. The van der Waals surface area contributed by atoms with Crippen molar-refractivity contribution in [1.29, 1.82) is 0 Å². The minimum Gasteiger partial charge on any atom is -0.377 e. The average Bonchev–Trinajstić information content (AvgIpc) is 2.84. The third-order valence-electron chi connectivity index (χ3n) is 3.81. The van der Waals surface area contributed by atoms with E-state index in [0.29, 0.717) is 17.8 Å². The lowest BCUT2D eigenvalue weighted by atomic mass is 9.89. The highest BCUT2D eigenvalue weighted by molar-refractivity contribution is 5.47. The molecule has 5 heteroatoms. The van der Waals surface area contributed by atoms with Gasteiger partial charge in [-0.05, 0) is 18.3 Å². The third kappa shape index (κ3) is 3.80. The zero-order chi connectivity index (χ0) is 13.7. The van der Waals surface area contributed by atoms with Gasteiger partial charge < -0.3 is 15.4 Å². The molecule has 0 atom stereocenters. The van der Waals surface area contributed by atoms with Crippen LogP contribution in [-0.2, 0) is 11.3 Å². The van der Waals surface area contributed by atoms with Crippen molar-refractivity contribution in [2.24, 2.45) is 5.41 Å². The Kier molecular flexibility index (Phi) is 4.58. The molecule has 1 fully saturated rings. The normalized spacial score (nSPS) is 17.4. The molecule has 0 aromatic carbocycles. The van der Waals surface area contributed by atoms with Crippen LogP contribution in [0.3, 0.4) is 0 Å². The Bertz CT molecular complexity index is 416. The van der Waals surface area contributed by atoms with Gasteiger partial charge in [0.15, 0.2) is 5.82 Å². The van der Waals surface area contributed by atoms with E-state index in [-0.39, 0.29) is 0 Å². The van der Waals surface area contributed by atoms with E-state index in [1.807, 2.05) is 13.1 Å². The van der Waals surface area contributed by atoms with Gasteiger partial charge in [0.1, 0.15) is 18.2 Å². The first kappa shape index (κ1) is 14.1. The monoisotopic (exact) mass is 264 g/mol. The van der Waals surface area contributed by atoms with Crippen LogP contribution < -0.4 is 10.6 Å². The Balaban J connectivity index is 2.04. The summed E-state index contributed by atoms with van der Waals surface area (Å²) in [5.41, 5.74) is 0.409. The van der Waals surface area contributed by atoms with Crippen molar-refractivity contribution in [3.05, 3.63) is 11.9 Å². The second-order valence-electron chi connectivity index (χ2n) is 5.61. The Hall–Kier alpha value is -1.36.